The third-order valence-corrected chi connectivity index (χ3v) is 6.74. The molecule has 0 bridgehead atoms. The van der Waals surface area contributed by atoms with Crippen molar-refractivity contribution in [3.63, 3.8) is 0 Å². The molecule has 3 nitrogen and oxygen atoms in total. The minimum atomic E-state index is -0.243. The molecule has 32 heavy (non-hydrogen) atoms. The van der Waals surface area contributed by atoms with E-state index in [1.165, 1.54) is 5.56 Å². The lowest BCUT2D eigenvalue weighted by molar-refractivity contribution is 0.00558. The van der Waals surface area contributed by atoms with E-state index in [2.05, 4.69) is 59.4 Å². The summed E-state index contributed by atoms with van der Waals surface area (Å²) >= 11 is 0. The van der Waals surface area contributed by atoms with Gasteiger partial charge in [0, 0.05) is 29.2 Å². The van der Waals surface area contributed by atoms with E-state index in [4.69, 9.17) is 4.74 Å². The quantitative estimate of drug-likeness (QED) is 0.501. The molecule has 2 unspecified atom stereocenters. The molecule has 2 aromatic rings. The number of allylic oxidation sites excluding steroid dienone is 1. The van der Waals surface area contributed by atoms with Gasteiger partial charge in [-0.2, -0.15) is 0 Å². The normalized spacial score (nSPS) is 17.9. The highest BCUT2D eigenvalue weighted by molar-refractivity contribution is 5.70. The van der Waals surface area contributed by atoms with Gasteiger partial charge in [0.05, 0.1) is 6.10 Å². The second-order valence-electron chi connectivity index (χ2n) is 10.3. The molecule has 0 spiro atoms. The van der Waals surface area contributed by atoms with Crippen molar-refractivity contribution in [1.82, 2.24) is 0 Å². The number of aromatic hydroxyl groups is 2. The van der Waals surface area contributed by atoms with Gasteiger partial charge in [0.1, 0.15) is 11.5 Å². The second kappa shape index (κ2) is 9.70. The summed E-state index contributed by atoms with van der Waals surface area (Å²) in [7, 11) is 0. The predicted octanol–water partition coefficient (Wildman–Crippen LogP) is 7.25. The zero-order valence-electron chi connectivity index (χ0n) is 20.7. The molecule has 3 rings (SSSR count). The maximum absolute atomic E-state index is 11.5. The van der Waals surface area contributed by atoms with Crippen molar-refractivity contribution in [3.05, 3.63) is 64.2 Å². The average Bonchev–Trinajstić information content (AvgIpc) is 2.75. The lowest BCUT2D eigenvalue weighted by atomic mass is 9.76. The zero-order valence-corrected chi connectivity index (χ0v) is 20.7. The minimum absolute atomic E-state index is 0.0921. The Hall–Kier alpha value is -2.26. The first-order valence-electron chi connectivity index (χ1n) is 12.1. The van der Waals surface area contributed by atoms with Gasteiger partial charge in [-0.1, -0.05) is 59.4 Å². The molecular weight excluding hydrogens is 396 g/mol. The van der Waals surface area contributed by atoms with Crippen molar-refractivity contribution < 1.29 is 14.9 Å². The lowest BCUT2D eigenvalue weighted by Crippen LogP contribution is -2.28. The Morgan fingerprint density at radius 2 is 1.59 bits per heavy atom. The van der Waals surface area contributed by atoms with E-state index in [0.29, 0.717) is 12.4 Å². The van der Waals surface area contributed by atoms with Crippen LogP contribution < -0.4 is 0 Å². The van der Waals surface area contributed by atoms with Crippen molar-refractivity contribution in [2.75, 3.05) is 6.61 Å². The number of ether oxygens (including phenoxy) is 1. The van der Waals surface area contributed by atoms with Crippen molar-refractivity contribution in [3.8, 4) is 11.5 Å². The Labute approximate surface area is 194 Å². The lowest BCUT2D eigenvalue weighted by Gasteiger charge is -2.34. The average molecular weight is 437 g/mol. The molecule has 1 saturated heterocycles. The maximum atomic E-state index is 11.5. The van der Waals surface area contributed by atoms with Crippen molar-refractivity contribution >= 4 is 5.57 Å². The number of rotatable bonds is 6. The molecule has 2 atom stereocenters. The summed E-state index contributed by atoms with van der Waals surface area (Å²) in [6.07, 6.45) is 4.69. The van der Waals surface area contributed by atoms with Gasteiger partial charge in [-0.15, -0.1) is 0 Å². The molecule has 0 aromatic heterocycles. The van der Waals surface area contributed by atoms with Crippen LogP contribution in [0.2, 0.25) is 0 Å². The minimum Gasteiger partial charge on any atom is -0.507 e. The SMILES string of the molecule is C=C(C)c1cc(CC)cc(C(c2cc(CC)cc(C(C)(C)C)c2O)C2CCCCO2)c1O. The van der Waals surface area contributed by atoms with Crippen LogP contribution in [0.4, 0.5) is 0 Å². The fraction of sp³-hybridized carbons (Fsp3) is 0.517. The van der Waals surface area contributed by atoms with Gasteiger partial charge in [0.25, 0.3) is 0 Å². The third kappa shape index (κ3) is 4.88. The zero-order chi connectivity index (χ0) is 23.6. The molecule has 3 heteroatoms. The molecule has 174 valence electrons. The van der Waals surface area contributed by atoms with E-state index in [1.54, 1.807) is 0 Å². The Bertz CT molecular complexity index is 975. The molecule has 2 N–H and O–H groups in total. The van der Waals surface area contributed by atoms with Crippen LogP contribution in [0, 0.1) is 0 Å². The summed E-state index contributed by atoms with van der Waals surface area (Å²) in [5.41, 5.74) is 6.40. The van der Waals surface area contributed by atoms with E-state index >= 15 is 0 Å². The number of phenols is 2. The molecular formula is C29H40O3. The van der Waals surface area contributed by atoms with E-state index in [-0.39, 0.29) is 23.2 Å². The van der Waals surface area contributed by atoms with Crippen molar-refractivity contribution in [2.24, 2.45) is 0 Å². The van der Waals surface area contributed by atoms with Crippen LogP contribution in [0.1, 0.15) is 100 Å². The Morgan fingerprint density at radius 3 is 2.09 bits per heavy atom. The highest BCUT2D eigenvalue weighted by atomic mass is 16.5. The molecule has 0 amide bonds. The summed E-state index contributed by atoms with van der Waals surface area (Å²) in [4.78, 5) is 0. The van der Waals surface area contributed by atoms with Crippen molar-refractivity contribution in [1.29, 1.82) is 0 Å². The molecule has 1 fully saturated rings. The number of hydrogen-bond acceptors (Lipinski definition) is 3. The Balaban J connectivity index is 2.33. The number of hydrogen-bond donors (Lipinski definition) is 2. The molecule has 0 aliphatic carbocycles. The second-order valence-corrected chi connectivity index (χ2v) is 10.3. The fourth-order valence-corrected chi connectivity index (χ4v) is 4.81. The first kappa shape index (κ1) is 24.4. The summed E-state index contributed by atoms with van der Waals surface area (Å²) < 4.78 is 6.29. The topological polar surface area (TPSA) is 49.7 Å². The third-order valence-electron chi connectivity index (χ3n) is 6.74. The van der Waals surface area contributed by atoms with Gasteiger partial charge in [-0.25, -0.2) is 0 Å². The van der Waals surface area contributed by atoms with Crippen molar-refractivity contribution in [2.45, 2.75) is 91.1 Å². The molecule has 0 saturated carbocycles. The Kier molecular flexibility index (Phi) is 7.39. The van der Waals surface area contributed by atoms with Crippen LogP contribution in [0.15, 0.2) is 30.8 Å². The summed E-state index contributed by atoms with van der Waals surface area (Å²) in [5.74, 6) is 0.340. The van der Waals surface area contributed by atoms with Gasteiger partial charge in [-0.3, -0.25) is 0 Å². The molecule has 0 radical (unpaired) electrons. The largest absolute Gasteiger partial charge is 0.507 e. The van der Waals surface area contributed by atoms with E-state index in [0.717, 1.165) is 65.5 Å². The smallest absolute Gasteiger partial charge is 0.126 e. The standard InChI is InChI=1S/C29H40O3/c1-8-19-14-21(18(3)4)27(30)22(15-19)26(25-12-10-11-13-32-25)23-16-20(9-2)17-24(28(23)31)29(5,6)7/h14-17,25-26,30-31H,3,8-13H2,1-2,4-7H3. The molecule has 1 heterocycles. The number of benzene rings is 2. The van der Waals surface area contributed by atoms with Gasteiger partial charge in [0.15, 0.2) is 0 Å². The number of aryl methyl sites for hydroxylation is 2. The van der Waals surface area contributed by atoms with E-state index in [1.807, 2.05) is 13.0 Å². The highest BCUT2D eigenvalue weighted by Crippen LogP contribution is 2.47. The Morgan fingerprint density at radius 1 is 1.00 bits per heavy atom. The van der Waals surface area contributed by atoms with Gasteiger partial charge in [0.2, 0.25) is 0 Å². The van der Waals surface area contributed by atoms with Gasteiger partial charge >= 0.3 is 0 Å². The van der Waals surface area contributed by atoms with E-state index in [9.17, 15) is 10.2 Å². The van der Waals surface area contributed by atoms with Crippen LogP contribution in [0.25, 0.3) is 5.57 Å². The van der Waals surface area contributed by atoms with Gasteiger partial charge < -0.3 is 14.9 Å². The van der Waals surface area contributed by atoms with E-state index < -0.39 is 0 Å². The summed E-state index contributed by atoms with van der Waals surface area (Å²) in [5, 5.41) is 22.9. The molecule has 1 aliphatic heterocycles. The first-order chi connectivity index (χ1) is 15.1. The summed E-state index contributed by atoms with van der Waals surface area (Å²) in [6.45, 7) is 17.4. The van der Waals surface area contributed by atoms with Gasteiger partial charge in [-0.05, 0) is 72.8 Å². The van der Waals surface area contributed by atoms with Crippen LogP contribution in [0.3, 0.4) is 0 Å². The maximum Gasteiger partial charge on any atom is 0.126 e. The van der Waals surface area contributed by atoms with Crippen LogP contribution in [0.5, 0.6) is 11.5 Å². The summed E-state index contributed by atoms with van der Waals surface area (Å²) in [6, 6.07) is 8.37. The van der Waals surface area contributed by atoms with Crippen LogP contribution in [-0.4, -0.2) is 22.9 Å². The number of phenolic OH excluding ortho intramolecular Hbond substituents is 2. The monoisotopic (exact) mass is 436 g/mol. The highest BCUT2D eigenvalue weighted by Gasteiger charge is 2.34. The molecule has 2 aromatic carbocycles. The first-order valence-corrected chi connectivity index (χ1v) is 12.1. The van der Waals surface area contributed by atoms with Crippen LogP contribution >= 0.6 is 0 Å². The molecule has 1 aliphatic rings. The predicted molar refractivity (Wildman–Crippen MR) is 134 cm³/mol. The van der Waals surface area contributed by atoms with Crippen LogP contribution in [-0.2, 0) is 23.0 Å². The fourth-order valence-electron chi connectivity index (χ4n) is 4.81.